The molecule has 6 nitrogen and oxygen atoms in total. The Morgan fingerprint density at radius 1 is 1.04 bits per heavy atom. The number of hydrogen-bond donors (Lipinski definition) is 1. The lowest BCUT2D eigenvalue weighted by Crippen LogP contribution is -2.09. The first kappa shape index (κ1) is 16.2. The first-order valence-corrected chi connectivity index (χ1v) is 9.28. The second-order valence-electron chi connectivity index (χ2n) is 5.54. The Morgan fingerprint density at radius 3 is 2.33 bits per heavy atom. The van der Waals surface area contributed by atoms with E-state index in [9.17, 15) is 8.42 Å². The maximum Gasteiger partial charge on any atom is 0.234 e. The van der Waals surface area contributed by atoms with Crippen LogP contribution in [0.3, 0.4) is 0 Å². The summed E-state index contributed by atoms with van der Waals surface area (Å²) < 4.78 is 30.2. The van der Waals surface area contributed by atoms with Crippen molar-refractivity contribution < 1.29 is 12.9 Å². The minimum absolute atomic E-state index is 0.00127. The van der Waals surface area contributed by atoms with Gasteiger partial charge in [-0.15, -0.1) is 0 Å². The summed E-state index contributed by atoms with van der Waals surface area (Å²) in [6.45, 7) is 2.01. The molecule has 0 amide bonds. The summed E-state index contributed by atoms with van der Waals surface area (Å²) in [5, 5.41) is 4.01. The molecule has 0 fully saturated rings. The average Bonchev–Trinajstić information content (AvgIpc) is 3.04. The first-order valence-electron chi connectivity index (χ1n) is 7.39. The predicted molar refractivity (Wildman–Crippen MR) is 92.2 cm³/mol. The molecule has 124 valence electrons. The highest BCUT2D eigenvalue weighted by Gasteiger charge is 2.16. The topological polar surface area (TPSA) is 85.1 Å². The number of nitrogens with one attached hydrogen (secondary N) is 1. The molecule has 1 aromatic heterocycles. The highest BCUT2D eigenvalue weighted by molar-refractivity contribution is 7.92. The van der Waals surface area contributed by atoms with Crippen LogP contribution >= 0.6 is 0 Å². The van der Waals surface area contributed by atoms with E-state index in [1.54, 1.807) is 24.3 Å². The molecule has 7 heteroatoms. The van der Waals surface area contributed by atoms with Crippen LogP contribution in [0.25, 0.3) is 11.4 Å². The largest absolute Gasteiger partial charge is 0.338 e. The van der Waals surface area contributed by atoms with Gasteiger partial charge in [-0.1, -0.05) is 35.5 Å². The van der Waals surface area contributed by atoms with Crippen molar-refractivity contribution >= 4 is 15.7 Å². The predicted octanol–water partition coefficient (Wildman–Crippen LogP) is 3.26. The standard InChI is InChI=1S/C17H17N3O3S/c1-12(13-6-4-3-5-7-13)17-18-16(19-23-17)14-8-10-15(11-9-14)20-24(2,21)22/h3-12,20H,1-2H3. The van der Waals surface area contributed by atoms with E-state index in [0.29, 0.717) is 17.4 Å². The fourth-order valence-electron chi connectivity index (χ4n) is 2.31. The Morgan fingerprint density at radius 2 is 1.71 bits per heavy atom. The van der Waals surface area contributed by atoms with E-state index in [1.165, 1.54) is 0 Å². The van der Waals surface area contributed by atoms with Crippen LogP contribution in [-0.2, 0) is 10.0 Å². The summed E-state index contributed by atoms with van der Waals surface area (Å²) in [7, 11) is -3.29. The van der Waals surface area contributed by atoms with Gasteiger partial charge in [-0.25, -0.2) is 8.42 Å². The quantitative estimate of drug-likeness (QED) is 0.768. The lowest BCUT2D eigenvalue weighted by atomic mass is 10.0. The molecule has 0 aliphatic heterocycles. The van der Waals surface area contributed by atoms with E-state index in [4.69, 9.17) is 4.52 Å². The molecule has 0 aliphatic rings. The maximum absolute atomic E-state index is 11.2. The third-order valence-electron chi connectivity index (χ3n) is 3.56. The molecule has 0 saturated heterocycles. The van der Waals surface area contributed by atoms with Crippen molar-refractivity contribution in [1.29, 1.82) is 0 Å². The number of anilines is 1. The van der Waals surface area contributed by atoms with Crippen molar-refractivity contribution in [3.63, 3.8) is 0 Å². The van der Waals surface area contributed by atoms with E-state index in [-0.39, 0.29) is 5.92 Å². The zero-order valence-electron chi connectivity index (χ0n) is 13.3. The third kappa shape index (κ3) is 3.80. The zero-order chi connectivity index (χ0) is 17.2. The van der Waals surface area contributed by atoms with Crippen LogP contribution in [0.5, 0.6) is 0 Å². The Bertz CT molecular complexity index is 919. The van der Waals surface area contributed by atoms with Gasteiger partial charge in [0.2, 0.25) is 21.7 Å². The third-order valence-corrected chi connectivity index (χ3v) is 4.16. The number of aromatic nitrogens is 2. The molecule has 1 atom stereocenters. The molecule has 0 aliphatic carbocycles. The van der Waals surface area contributed by atoms with Gasteiger partial charge < -0.3 is 4.52 Å². The summed E-state index contributed by atoms with van der Waals surface area (Å²) in [6.07, 6.45) is 1.11. The van der Waals surface area contributed by atoms with Crippen LogP contribution in [0.4, 0.5) is 5.69 Å². The monoisotopic (exact) mass is 343 g/mol. The molecule has 3 aromatic rings. The normalized spacial score (nSPS) is 12.8. The second kappa shape index (κ2) is 6.45. The molecule has 0 spiro atoms. The number of rotatable bonds is 5. The van der Waals surface area contributed by atoms with Crippen LogP contribution in [0.1, 0.15) is 24.3 Å². The first-order chi connectivity index (χ1) is 11.4. The lowest BCUT2D eigenvalue weighted by Gasteiger charge is -2.05. The van der Waals surface area contributed by atoms with Crippen LogP contribution in [0.2, 0.25) is 0 Å². The van der Waals surface area contributed by atoms with Gasteiger partial charge in [0, 0.05) is 11.3 Å². The van der Waals surface area contributed by atoms with Crippen LogP contribution < -0.4 is 4.72 Å². The number of hydrogen-bond acceptors (Lipinski definition) is 5. The number of sulfonamides is 1. The summed E-state index contributed by atoms with van der Waals surface area (Å²) in [5.41, 5.74) is 2.34. The Hall–Kier alpha value is -2.67. The van der Waals surface area contributed by atoms with Gasteiger partial charge in [0.15, 0.2) is 0 Å². The van der Waals surface area contributed by atoms with Crippen molar-refractivity contribution in [2.24, 2.45) is 0 Å². The molecule has 0 saturated carbocycles. The van der Waals surface area contributed by atoms with Crippen LogP contribution in [0.15, 0.2) is 59.1 Å². The molecule has 0 radical (unpaired) electrons. The van der Waals surface area contributed by atoms with Crippen molar-refractivity contribution in [2.75, 3.05) is 11.0 Å². The summed E-state index contributed by atoms with van der Waals surface area (Å²) in [6, 6.07) is 16.7. The minimum Gasteiger partial charge on any atom is -0.338 e. The fraction of sp³-hybridized carbons (Fsp3) is 0.176. The van der Waals surface area contributed by atoms with Gasteiger partial charge in [0.05, 0.1) is 12.2 Å². The molecule has 24 heavy (non-hydrogen) atoms. The lowest BCUT2D eigenvalue weighted by molar-refractivity contribution is 0.371. The Kier molecular flexibility index (Phi) is 4.35. The fourth-order valence-corrected chi connectivity index (χ4v) is 2.88. The summed E-state index contributed by atoms with van der Waals surface area (Å²) >= 11 is 0. The summed E-state index contributed by atoms with van der Waals surface area (Å²) in [5.74, 6) is 1.01. The van der Waals surface area contributed by atoms with E-state index in [1.807, 2.05) is 37.3 Å². The minimum atomic E-state index is -3.29. The molecule has 1 heterocycles. The van der Waals surface area contributed by atoms with Crippen molar-refractivity contribution in [3.8, 4) is 11.4 Å². The molecule has 1 unspecified atom stereocenters. The highest BCUT2D eigenvalue weighted by Crippen LogP contribution is 2.25. The summed E-state index contributed by atoms with van der Waals surface area (Å²) in [4.78, 5) is 4.44. The highest BCUT2D eigenvalue weighted by atomic mass is 32.2. The van der Waals surface area contributed by atoms with Gasteiger partial charge >= 0.3 is 0 Å². The average molecular weight is 343 g/mol. The molecular formula is C17H17N3O3S. The van der Waals surface area contributed by atoms with E-state index in [2.05, 4.69) is 14.9 Å². The number of benzene rings is 2. The van der Waals surface area contributed by atoms with Gasteiger partial charge in [0.25, 0.3) is 0 Å². The van der Waals surface area contributed by atoms with Gasteiger partial charge in [-0.2, -0.15) is 4.98 Å². The molecule has 2 aromatic carbocycles. The molecular weight excluding hydrogens is 326 g/mol. The molecule has 1 N–H and O–H groups in total. The molecule has 3 rings (SSSR count). The SMILES string of the molecule is CC(c1ccccc1)c1nc(-c2ccc(NS(C)(=O)=O)cc2)no1. The van der Waals surface area contributed by atoms with Crippen LogP contribution in [-0.4, -0.2) is 24.8 Å². The van der Waals surface area contributed by atoms with Gasteiger partial charge in [-0.3, -0.25) is 4.72 Å². The smallest absolute Gasteiger partial charge is 0.234 e. The Balaban J connectivity index is 1.80. The van der Waals surface area contributed by atoms with Crippen molar-refractivity contribution in [3.05, 3.63) is 66.1 Å². The Labute approximate surface area is 140 Å². The number of nitrogens with zero attached hydrogens (tertiary/aromatic N) is 2. The van der Waals surface area contributed by atoms with Crippen molar-refractivity contribution in [1.82, 2.24) is 10.1 Å². The maximum atomic E-state index is 11.2. The second-order valence-corrected chi connectivity index (χ2v) is 7.29. The van der Waals surface area contributed by atoms with Gasteiger partial charge in [0.1, 0.15) is 0 Å². The van der Waals surface area contributed by atoms with Gasteiger partial charge in [-0.05, 0) is 36.8 Å². The van der Waals surface area contributed by atoms with Crippen molar-refractivity contribution in [2.45, 2.75) is 12.8 Å². The van der Waals surface area contributed by atoms with Crippen LogP contribution in [0, 0.1) is 0 Å². The van der Waals surface area contributed by atoms with E-state index in [0.717, 1.165) is 17.4 Å². The van der Waals surface area contributed by atoms with E-state index < -0.39 is 10.0 Å². The van der Waals surface area contributed by atoms with E-state index >= 15 is 0 Å². The zero-order valence-corrected chi connectivity index (χ0v) is 14.1. The molecule has 0 bridgehead atoms.